The topological polar surface area (TPSA) is 147 Å². The molecule has 338 valence electrons. The average Bonchev–Trinajstić information content (AvgIpc) is 3.49. The molecular formula is C45H56F3N9O5S. The van der Waals surface area contributed by atoms with Gasteiger partial charge in [-0.15, -0.1) is 16.4 Å². The zero-order valence-electron chi connectivity index (χ0n) is 36.8. The quantitative estimate of drug-likeness (QED) is 0.218. The van der Waals surface area contributed by atoms with E-state index in [-0.39, 0.29) is 61.0 Å². The first-order valence-corrected chi connectivity index (χ1v) is 22.8. The van der Waals surface area contributed by atoms with Crippen LogP contribution < -0.4 is 15.6 Å². The van der Waals surface area contributed by atoms with E-state index in [9.17, 15) is 27.6 Å². The number of hydrogen-bond acceptors (Lipinski definition) is 12. The smallest absolute Gasteiger partial charge is 0.406 e. The third kappa shape index (κ3) is 8.43. The van der Waals surface area contributed by atoms with Gasteiger partial charge >= 0.3 is 12.1 Å². The van der Waals surface area contributed by atoms with Gasteiger partial charge in [-0.1, -0.05) is 33.8 Å². The van der Waals surface area contributed by atoms with Gasteiger partial charge in [-0.3, -0.25) is 19.4 Å². The molecule has 2 N–H and O–H groups in total. The number of hydrazine groups is 1. The van der Waals surface area contributed by atoms with Gasteiger partial charge in [-0.05, 0) is 74.8 Å². The molecule has 3 aromatic heterocycles. The number of carbonyl (C=O) groups excluding carboxylic acids is 3. The molecule has 8 bridgehead atoms. The number of nitrogens with one attached hydrogen (secondary N) is 2. The lowest BCUT2D eigenvalue weighted by Gasteiger charge is -2.53. The molecule has 14 nitrogen and oxygen atoms in total. The molecule has 0 spiro atoms. The third-order valence-corrected chi connectivity index (χ3v) is 15.0. The number of carbonyl (C=O) groups is 3. The highest BCUT2D eigenvalue weighted by Crippen LogP contribution is 2.47. The Labute approximate surface area is 368 Å². The SMILES string of the molecule is CO[C@@H](C)c1nnc(N2CCN(C)CC2)cc1-c1c2c3cc(ccc3n1CC(F)(F)F)-c1csc(n1)C[C@H](NC(=O)C1[C@@H](C)[C@H]1C)C(=O)N1N[C@H](C(=O)OCC(C)(C)C2)C2CC1C2. The van der Waals surface area contributed by atoms with E-state index < -0.39 is 42.3 Å². The maximum Gasteiger partial charge on any atom is 0.406 e. The molecular weight excluding hydrogens is 836 g/mol. The summed E-state index contributed by atoms with van der Waals surface area (Å²) in [5, 5.41) is 16.9. The van der Waals surface area contributed by atoms with Crippen molar-refractivity contribution in [1.29, 1.82) is 0 Å². The second-order valence-corrected chi connectivity index (χ2v) is 20.2. The van der Waals surface area contributed by atoms with Crippen LogP contribution in [0.5, 0.6) is 0 Å². The number of thiazole rings is 1. The van der Waals surface area contributed by atoms with Gasteiger partial charge in [-0.2, -0.15) is 18.3 Å². The molecule has 4 aliphatic heterocycles. The van der Waals surface area contributed by atoms with Gasteiger partial charge in [0.05, 0.1) is 29.1 Å². The van der Waals surface area contributed by atoms with Crippen molar-refractivity contribution in [1.82, 2.24) is 40.4 Å². The molecule has 6 atom stereocenters. The number of likely N-dealkylation sites (N-methyl/N-ethyl adjacent to an activating group) is 1. The highest BCUT2D eigenvalue weighted by Gasteiger charge is 2.53. The summed E-state index contributed by atoms with van der Waals surface area (Å²) in [6.45, 7) is 11.3. The van der Waals surface area contributed by atoms with Gasteiger partial charge in [0.25, 0.3) is 5.91 Å². The number of piperazine rings is 1. The van der Waals surface area contributed by atoms with E-state index in [0.717, 1.165) is 13.1 Å². The number of cyclic esters (lactones) is 1. The summed E-state index contributed by atoms with van der Waals surface area (Å²) in [5.74, 6) is -0.309. The molecule has 0 radical (unpaired) electrons. The number of anilines is 1. The Hall–Kier alpha value is -4.65. The maximum atomic E-state index is 14.9. The minimum Gasteiger partial charge on any atom is -0.464 e. The fraction of sp³-hybridized carbons (Fsp3) is 0.600. The largest absolute Gasteiger partial charge is 0.464 e. The van der Waals surface area contributed by atoms with E-state index >= 15 is 0 Å². The second kappa shape index (κ2) is 16.4. The molecule has 4 aromatic rings. The van der Waals surface area contributed by atoms with Crippen molar-refractivity contribution >= 4 is 45.8 Å². The van der Waals surface area contributed by atoms with Crippen molar-refractivity contribution in [3.63, 3.8) is 0 Å². The monoisotopic (exact) mass is 891 g/mol. The Kier molecular flexibility index (Phi) is 11.4. The number of hydrogen-bond donors (Lipinski definition) is 2. The first kappa shape index (κ1) is 43.6. The average molecular weight is 892 g/mol. The maximum absolute atomic E-state index is 14.9. The Bertz CT molecular complexity index is 2420. The van der Waals surface area contributed by atoms with E-state index in [1.54, 1.807) is 19.1 Å². The Morgan fingerprint density at radius 2 is 1.83 bits per heavy atom. The molecule has 2 saturated carbocycles. The summed E-state index contributed by atoms with van der Waals surface area (Å²) >= 11 is 1.35. The summed E-state index contributed by atoms with van der Waals surface area (Å²) in [7, 11) is 3.58. The van der Waals surface area contributed by atoms with Crippen molar-refractivity contribution in [2.75, 3.05) is 51.8 Å². The van der Waals surface area contributed by atoms with Crippen LogP contribution in [-0.4, -0.2) is 119 Å². The zero-order chi connectivity index (χ0) is 44.7. The molecule has 7 heterocycles. The summed E-state index contributed by atoms with van der Waals surface area (Å²) in [6.07, 6.45) is -3.63. The minimum absolute atomic E-state index is 0.0387. The van der Waals surface area contributed by atoms with Crippen molar-refractivity contribution < 1.29 is 37.0 Å². The Balaban J connectivity index is 1.20. The number of nitrogens with zero attached hydrogens (tertiary/aromatic N) is 7. The van der Waals surface area contributed by atoms with Crippen LogP contribution in [0.15, 0.2) is 29.6 Å². The van der Waals surface area contributed by atoms with Gasteiger partial charge in [0.2, 0.25) is 5.91 Å². The van der Waals surface area contributed by atoms with Gasteiger partial charge in [-0.25, -0.2) is 10.4 Å². The number of methoxy groups -OCH3 is 1. The van der Waals surface area contributed by atoms with Crippen molar-refractivity contribution in [3.8, 4) is 22.5 Å². The normalized spacial score (nSPS) is 28.0. The van der Waals surface area contributed by atoms with E-state index in [2.05, 4.69) is 30.7 Å². The van der Waals surface area contributed by atoms with E-state index in [4.69, 9.17) is 14.5 Å². The van der Waals surface area contributed by atoms with Crippen LogP contribution in [0.1, 0.15) is 69.8 Å². The van der Waals surface area contributed by atoms with Gasteiger partial charge in [0, 0.05) is 84.5 Å². The van der Waals surface area contributed by atoms with Crippen LogP contribution in [0.3, 0.4) is 0 Å². The number of halogens is 3. The first-order valence-electron chi connectivity index (χ1n) is 22.0. The Morgan fingerprint density at radius 3 is 2.51 bits per heavy atom. The summed E-state index contributed by atoms with van der Waals surface area (Å²) in [5.41, 5.74) is 5.91. The number of rotatable bonds is 7. The van der Waals surface area contributed by atoms with Crippen LogP contribution in [-0.2, 0) is 43.2 Å². The molecule has 5 fully saturated rings. The van der Waals surface area contributed by atoms with Crippen molar-refractivity contribution in [3.05, 3.63) is 45.9 Å². The van der Waals surface area contributed by atoms with E-state index in [1.165, 1.54) is 28.0 Å². The fourth-order valence-corrected chi connectivity index (χ4v) is 10.8. The molecule has 3 saturated heterocycles. The summed E-state index contributed by atoms with van der Waals surface area (Å²) < 4.78 is 57.9. The molecule has 18 heteroatoms. The number of aromatic nitrogens is 4. The number of esters is 1. The standard InChI is InChI=1S/C45H56F3N9O5S/c1-23-24(2)37(23)41(58)50-32-18-36-49-33(20-63-36)26-8-9-34-29(16-26)31(19-44(4,5)22-62-43(60)39-27-14-28(15-27)57(53-39)42(32)59)40(56(34)21-45(46,47)48)30-17-35(51-52-38(30)25(3)61-7)55-12-10-54(6)11-13-55/h8-9,16-17,20,23-25,27-28,32,37,39,53H,10-15,18-19,21-22H2,1-7H3,(H,50,58)/t23-,24+,25-,27?,28?,32-,37?,39-/m0/s1. The fourth-order valence-electron chi connectivity index (χ4n) is 9.93. The van der Waals surface area contributed by atoms with Crippen molar-refractivity contribution in [2.24, 2.45) is 29.1 Å². The lowest BCUT2D eigenvalue weighted by molar-refractivity contribution is -0.171. The molecule has 6 aliphatic rings. The van der Waals surface area contributed by atoms with Crippen LogP contribution in [0.2, 0.25) is 0 Å². The molecule has 63 heavy (non-hydrogen) atoms. The molecule has 1 aromatic carbocycles. The number of amides is 2. The molecule has 10 rings (SSSR count). The van der Waals surface area contributed by atoms with Crippen LogP contribution in [0, 0.1) is 29.1 Å². The highest BCUT2D eigenvalue weighted by atomic mass is 32.1. The zero-order valence-corrected chi connectivity index (χ0v) is 37.6. The molecule has 2 amide bonds. The number of fused-ring (bicyclic) bond motifs is 4. The summed E-state index contributed by atoms with van der Waals surface area (Å²) in [6, 6.07) is 5.34. The van der Waals surface area contributed by atoms with E-state index in [1.807, 2.05) is 52.3 Å². The molecule has 1 unspecified atom stereocenters. The van der Waals surface area contributed by atoms with Crippen LogP contribution in [0.4, 0.5) is 19.0 Å². The number of benzene rings is 1. The minimum atomic E-state index is -4.59. The van der Waals surface area contributed by atoms with Crippen molar-refractivity contribution in [2.45, 2.75) is 97.3 Å². The predicted octanol–water partition coefficient (Wildman–Crippen LogP) is 5.79. The van der Waals surface area contributed by atoms with E-state index in [0.29, 0.717) is 81.4 Å². The Morgan fingerprint density at radius 1 is 1.10 bits per heavy atom. The second-order valence-electron chi connectivity index (χ2n) is 19.2. The van der Waals surface area contributed by atoms with Gasteiger partial charge in [0.1, 0.15) is 24.3 Å². The van der Waals surface area contributed by atoms with Crippen LogP contribution >= 0.6 is 11.3 Å². The lowest BCUT2D eigenvalue weighted by Crippen LogP contribution is -2.71. The summed E-state index contributed by atoms with van der Waals surface area (Å²) in [4.78, 5) is 51.3. The van der Waals surface area contributed by atoms with Crippen LogP contribution in [0.25, 0.3) is 33.4 Å². The van der Waals surface area contributed by atoms with Gasteiger partial charge < -0.3 is 29.2 Å². The predicted molar refractivity (Wildman–Crippen MR) is 231 cm³/mol. The number of ether oxygens (including phenoxy) is 2. The third-order valence-electron chi connectivity index (χ3n) is 14.1. The highest BCUT2D eigenvalue weighted by molar-refractivity contribution is 7.10. The number of alkyl halides is 3. The first-order chi connectivity index (χ1) is 29.9. The molecule has 2 aliphatic carbocycles. The lowest BCUT2D eigenvalue weighted by atomic mass is 9.73. The van der Waals surface area contributed by atoms with Gasteiger partial charge in [0.15, 0.2) is 5.82 Å².